The summed E-state index contributed by atoms with van der Waals surface area (Å²) in [6.07, 6.45) is 6.71. The Bertz CT molecular complexity index is 616. The number of likely N-dealkylation sites (tertiary alicyclic amines) is 2. The van der Waals surface area contributed by atoms with Crippen LogP contribution in [0, 0.1) is 0 Å². The minimum Gasteiger partial charge on any atom is -0.344 e. The number of carbonyl (C=O) groups is 2. The van der Waals surface area contributed by atoms with Crippen LogP contribution in [0.15, 0.2) is 24.5 Å². The smallest absolute Gasteiger partial charge is 0.318 e. The zero-order valence-electron chi connectivity index (χ0n) is 15.7. The molecule has 26 heavy (non-hydrogen) atoms. The second-order valence-corrected chi connectivity index (χ2v) is 7.48. The maximum Gasteiger partial charge on any atom is 0.318 e. The Morgan fingerprint density at radius 2 is 1.92 bits per heavy atom. The second-order valence-electron chi connectivity index (χ2n) is 7.48. The van der Waals surface area contributed by atoms with Gasteiger partial charge in [0.05, 0.1) is 0 Å². The van der Waals surface area contributed by atoms with Gasteiger partial charge in [0.15, 0.2) is 0 Å². The summed E-state index contributed by atoms with van der Waals surface area (Å²) in [6, 6.07) is 4.16. The van der Waals surface area contributed by atoms with Crippen LogP contribution in [0.25, 0.3) is 0 Å². The van der Waals surface area contributed by atoms with E-state index in [9.17, 15) is 9.59 Å². The van der Waals surface area contributed by atoms with Crippen LogP contribution in [0.5, 0.6) is 0 Å². The summed E-state index contributed by atoms with van der Waals surface area (Å²) in [5, 5.41) is 3.16. The van der Waals surface area contributed by atoms with Crippen LogP contribution in [-0.2, 0) is 11.3 Å². The standard InChI is InChI=1S/C19H29N5O2/c1-22-11-7-17(8-12-22)24(13-15-5-9-20-10-6-15)19(26)21-16-3-4-18(25)23(2)14-16/h5-6,9-10,16-17H,3-4,7-8,11-14H2,1-2H3,(H,21,26)/t16-/m1/s1. The van der Waals surface area contributed by atoms with E-state index in [2.05, 4.69) is 22.2 Å². The lowest BCUT2D eigenvalue weighted by molar-refractivity contribution is -0.132. The first-order valence-electron chi connectivity index (χ1n) is 9.41. The molecule has 0 aromatic carbocycles. The predicted molar refractivity (Wildman–Crippen MR) is 99.5 cm³/mol. The molecule has 3 amide bonds. The second kappa shape index (κ2) is 8.49. The van der Waals surface area contributed by atoms with Crippen molar-refractivity contribution in [1.82, 2.24) is 25.0 Å². The molecule has 0 bridgehead atoms. The molecule has 0 saturated carbocycles. The lowest BCUT2D eigenvalue weighted by atomic mass is 10.0. The van der Waals surface area contributed by atoms with Gasteiger partial charge in [-0.1, -0.05) is 0 Å². The molecule has 0 aliphatic carbocycles. The molecule has 3 rings (SSSR count). The van der Waals surface area contributed by atoms with Crippen molar-refractivity contribution in [2.45, 2.75) is 44.3 Å². The molecule has 2 fully saturated rings. The van der Waals surface area contributed by atoms with Crippen molar-refractivity contribution in [3.05, 3.63) is 30.1 Å². The topological polar surface area (TPSA) is 68.8 Å². The summed E-state index contributed by atoms with van der Waals surface area (Å²) < 4.78 is 0. The lowest BCUT2D eigenvalue weighted by Crippen LogP contribution is -2.55. The van der Waals surface area contributed by atoms with Gasteiger partial charge in [-0.2, -0.15) is 0 Å². The molecule has 7 heteroatoms. The number of nitrogens with zero attached hydrogens (tertiary/aromatic N) is 4. The van der Waals surface area contributed by atoms with Crippen LogP contribution in [0.1, 0.15) is 31.2 Å². The summed E-state index contributed by atoms with van der Waals surface area (Å²) in [4.78, 5) is 34.8. The Balaban J connectivity index is 1.67. The fraction of sp³-hybridized carbons (Fsp3) is 0.632. The molecule has 0 unspecified atom stereocenters. The van der Waals surface area contributed by atoms with Gasteiger partial charge in [-0.3, -0.25) is 9.78 Å². The summed E-state index contributed by atoms with van der Waals surface area (Å²) in [7, 11) is 3.92. The van der Waals surface area contributed by atoms with Crippen LogP contribution < -0.4 is 5.32 Å². The molecule has 1 atom stereocenters. The first-order chi connectivity index (χ1) is 12.5. The third kappa shape index (κ3) is 4.72. The van der Waals surface area contributed by atoms with Crippen LogP contribution in [0.3, 0.4) is 0 Å². The fourth-order valence-corrected chi connectivity index (χ4v) is 3.75. The Labute approximate surface area is 155 Å². The van der Waals surface area contributed by atoms with E-state index in [-0.39, 0.29) is 24.0 Å². The highest BCUT2D eigenvalue weighted by atomic mass is 16.2. The van der Waals surface area contributed by atoms with E-state index in [4.69, 9.17) is 0 Å². The quantitative estimate of drug-likeness (QED) is 0.880. The minimum absolute atomic E-state index is 0.0240. The summed E-state index contributed by atoms with van der Waals surface area (Å²) in [5.74, 6) is 0.152. The summed E-state index contributed by atoms with van der Waals surface area (Å²) in [6.45, 7) is 3.18. The average molecular weight is 359 g/mol. The highest BCUT2D eigenvalue weighted by Gasteiger charge is 2.30. The van der Waals surface area contributed by atoms with Crippen molar-refractivity contribution in [2.24, 2.45) is 0 Å². The molecule has 142 valence electrons. The van der Waals surface area contributed by atoms with Crippen molar-refractivity contribution < 1.29 is 9.59 Å². The van der Waals surface area contributed by atoms with Crippen molar-refractivity contribution >= 4 is 11.9 Å². The number of urea groups is 1. The van der Waals surface area contributed by atoms with Gasteiger partial charge in [-0.15, -0.1) is 0 Å². The normalized spacial score (nSPS) is 22.3. The zero-order valence-corrected chi connectivity index (χ0v) is 15.7. The minimum atomic E-state index is -0.0240. The molecule has 2 aliphatic rings. The molecule has 1 aromatic rings. The Kier molecular flexibility index (Phi) is 6.08. The third-order valence-corrected chi connectivity index (χ3v) is 5.45. The molecule has 3 heterocycles. The Hall–Kier alpha value is -2.15. The van der Waals surface area contributed by atoms with Gasteiger partial charge in [0, 0.05) is 51.0 Å². The van der Waals surface area contributed by atoms with E-state index in [1.807, 2.05) is 17.0 Å². The molecule has 1 N–H and O–H groups in total. The lowest BCUT2D eigenvalue weighted by Gasteiger charge is -2.39. The number of piperidine rings is 2. The molecule has 2 saturated heterocycles. The molecule has 0 spiro atoms. The predicted octanol–water partition coefficient (Wildman–Crippen LogP) is 1.31. The number of amides is 3. The molecule has 7 nitrogen and oxygen atoms in total. The van der Waals surface area contributed by atoms with Crippen LogP contribution in [-0.4, -0.2) is 77.4 Å². The maximum atomic E-state index is 13.1. The number of hydrogen-bond acceptors (Lipinski definition) is 4. The van der Waals surface area contributed by atoms with Gasteiger partial charge >= 0.3 is 6.03 Å². The number of likely N-dealkylation sites (N-methyl/N-ethyl adjacent to an activating group) is 1. The van der Waals surface area contributed by atoms with Crippen molar-refractivity contribution in [3.8, 4) is 0 Å². The van der Waals surface area contributed by atoms with Gasteiger partial charge in [0.2, 0.25) is 5.91 Å². The Morgan fingerprint density at radius 1 is 1.23 bits per heavy atom. The highest BCUT2D eigenvalue weighted by Crippen LogP contribution is 2.19. The third-order valence-electron chi connectivity index (χ3n) is 5.45. The molecular weight excluding hydrogens is 330 g/mol. The van der Waals surface area contributed by atoms with E-state index in [1.54, 1.807) is 24.3 Å². The van der Waals surface area contributed by atoms with E-state index >= 15 is 0 Å². The monoisotopic (exact) mass is 359 g/mol. The Morgan fingerprint density at radius 3 is 2.58 bits per heavy atom. The van der Waals surface area contributed by atoms with Gasteiger partial charge < -0.3 is 20.0 Å². The maximum absolute atomic E-state index is 13.1. The van der Waals surface area contributed by atoms with Gasteiger partial charge in [-0.05, 0) is 57.1 Å². The summed E-state index contributed by atoms with van der Waals surface area (Å²) in [5.41, 5.74) is 1.09. The number of nitrogens with one attached hydrogen (secondary N) is 1. The number of hydrogen-bond donors (Lipinski definition) is 1. The molecular formula is C19H29N5O2. The van der Waals surface area contributed by atoms with Crippen LogP contribution in [0.4, 0.5) is 4.79 Å². The van der Waals surface area contributed by atoms with Crippen LogP contribution >= 0.6 is 0 Å². The number of carbonyl (C=O) groups excluding carboxylic acids is 2. The van der Waals surface area contributed by atoms with E-state index < -0.39 is 0 Å². The summed E-state index contributed by atoms with van der Waals surface area (Å²) >= 11 is 0. The number of pyridine rings is 1. The van der Waals surface area contributed by atoms with Gasteiger partial charge in [0.25, 0.3) is 0 Å². The number of rotatable bonds is 4. The number of aromatic nitrogens is 1. The SMILES string of the molecule is CN1CCC(N(Cc2ccncc2)C(=O)N[C@@H]2CCC(=O)N(C)C2)CC1. The molecule has 2 aliphatic heterocycles. The van der Waals surface area contributed by atoms with Gasteiger partial charge in [-0.25, -0.2) is 4.79 Å². The van der Waals surface area contributed by atoms with Crippen LogP contribution in [0.2, 0.25) is 0 Å². The molecule has 1 aromatic heterocycles. The highest BCUT2D eigenvalue weighted by molar-refractivity contribution is 5.78. The largest absolute Gasteiger partial charge is 0.344 e. The van der Waals surface area contributed by atoms with E-state index in [0.717, 1.165) is 31.5 Å². The van der Waals surface area contributed by atoms with E-state index in [1.165, 1.54) is 0 Å². The zero-order chi connectivity index (χ0) is 18.5. The molecule has 0 radical (unpaired) electrons. The van der Waals surface area contributed by atoms with Crippen molar-refractivity contribution in [1.29, 1.82) is 0 Å². The van der Waals surface area contributed by atoms with Crippen molar-refractivity contribution in [2.75, 3.05) is 33.7 Å². The average Bonchev–Trinajstić information content (AvgIpc) is 2.64. The van der Waals surface area contributed by atoms with Crippen molar-refractivity contribution in [3.63, 3.8) is 0 Å². The van der Waals surface area contributed by atoms with E-state index in [0.29, 0.717) is 25.9 Å². The van der Waals surface area contributed by atoms with Gasteiger partial charge in [0.1, 0.15) is 0 Å². The fourth-order valence-electron chi connectivity index (χ4n) is 3.75. The first kappa shape index (κ1) is 18.6. The first-order valence-corrected chi connectivity index (χ1v) is 9.41.